The van der Waals surface area contributed by atoms with Gasteiger partial charge in [-0.15, -0.1) is 0 Å². The van der Waals surface area contributed by atoms with Crippen molar-refractivity contribution in [1.82, 2.24) is 14.8 Å². The molecule has 1 aromatic heterocycles. The Bertz CT molecular complexity index is 1130. The number of carbonyl (C=O) groups is 3. The van der Waals surface area contributed by atoms with Crippen LogP contribution in [0.5, 0.6) is 0 Å². The van der Waals surface area contributed by atoms with Crippen molar-refractivity contribution in [2.75, 3.05) is 11.4 Å². The van der Waals surface area contributed by atoms with E-state index in [1.165, 1.54) is 11.1 Å². The van der Waals surface area contributed by atoms with E-state index in [0.29, 0.717) is 36.3 Å². The summed E-state index contributed by atoms with van der Waals surface area (Å²) < 4.78 is 6.05. The minimum atomic E-state index is -0.622. The summed E-state index contributed by atoms with van der Waals surface area (Å²) in [4.78, 5) is 48.3. The monoisotopic (exact) mass is 499 g/mol. The van der Waals surface area contributed by atoms with E-state index in [0.717, 1.165) is 24.2 Å². The Kier molecular flexibility index (Phi) is 5.91. The van der Waals surface area contributed by atoms with Gasteiger partial charge in [-0.2, -0.15) is 5.26 Å². The second-order valence-electron chi connectivity index (χ2n) is 10.7. The average molecular weight is 500 g/mol. The highest BCUT2D eigenvalue weighted by molar-refractivity contribution is 6.33. The quantitative estimate of drug-likeness (QED) is 0.573. The number of anilines is 1. The zero-order chi connectivity index (χ0) is 25.2. The van der Waals surface area contributed by atoms with Crippen molar-refractivity contribution < 1.29 is 19.1 Å². The van der Waals surface area contributed by atoms with Gasteiger partial charge in [-0.3, -0.25) is 14.6 Å². The van der Waals surface area contributed by atoms with Crippen LogP contribution in [0.1, 0.15) is 57.7 Å². The molecule has 4 aliphatic rings. The van der Waals surface area contributed by atoms with Crippen LogP contribution in [0.15, 0.2) is 6.20 Å². The van der Waals surface area contributed by atoms with Crippen LogP contribution < -0.4 is 4.90 Å². The van der Waals surface area contributed by atoms with Gasteiger partial charge in [0.2, 0.25) is 0 Å². The van der Waals surface area contributed by atoms with E-state index in [1.54, 1.807) is 11.8 Å². The van der Waals surface area contributed by atoms with Crippen molar-refractivity contribution in [1.29, 1.82) is 5.26 Å². The van der Waals surface area contributed by atoms with Gasteiger partial charge in [-0.25, -0.2) is 19.5 Å². The lowest BCUT2D eigenvalue weighted by Crippen LogP contribution is -2.55. The van der Waals surface area contributed by atoms with E-state index >= 15 is 0 Å². The number of imide groups is 1. The molecule has 186 valence electrons. The SMILES string of the molecule is Cc1c(N2C(=O)[C@@H]3C4CC(N(C(=O)O[C@@H]5C[C@H](C)CC[C@H]5C(C)C)C4)N3C2=O)cnc(C#N)c1Cl. The number of nitrogens with zero attached hydrogens (tertiary/aromatic N) is 5. The first kappa shape index (κ1) is 23.9. The Morgan fingerprint density at radius 2 is 2.03 bits per heavy atom. The highest BCUT2D eigenvalue weighted by Crippen LogP contribution is 2.46. The molecule has 3 saturated heterocycles. The zero-order valence-corrected chi connectivity index (χ0v) is 21.2. The number of amides is 4. The van der Waals surface area contributed by atoms with Crippen molar-refractivity contribution in [2.24, 2.45) is 23.7 Å². The van der Waals surface area contributed by atoms with Crippen LogP contribution in [0.2, 0.25) is 5.02 Å². The number of fused-ring (bicyclic) bond motifs is 5. The Hall–Kier alpha value is -2.86. The molecule has 3 aliphatic heterocycles. The normalized spacial score (nSPS) is 31.9. The first-order chi connectivity index (χ1) is 16.6. The van der Waals surface area contributed by atoms with Gasteiger partial charge >= 0.3 is 12.1 Å². The third-order valence-electron chi connectivity index (χ3n) is 8.29. The molecule has 9 nitrogen and oxygen atoms in total. The van der Waals surface area contributed by atoms with Gasteiger partial charge in [0.05, 0.1) is 16.9 Å². The minimum Gasteiger partial charge on any atom is -0.446 e. The van der Waals surface area contributed by atoms with Crippen LogP contribution in [0.4, 0.5) is 15.3 Å². The molecule has 1 saturated carbocycles. The lowest BCUT2D eigenvalue weighted by molar-refractivity contribution is -0.121. The predicted octanol–water partition coefficient (Wildman–Crippen LogP) is 4.31. The number of carbonyl (C=O) groups excluding carboxylic acids is 3. The van der Waals surface area contributed by atoms with E-state index in [4.69, 9.17) is 21.6 Å². The maximum Gasteiger partial charge on any atom is 0.411 e. The van der Waals surface area contributed by atoms with Gasteiger partial charge in [0.15, 0.2) is 5.69 Å². The zero-order valence-electron chi connectivity index (χ0n) is 20.4. The summed E-state index contributed by atoms with van der Waals surface area (Å²) >= 11 is 6.25. The Morgan fingerprint density at radius 1 is 1.29 bits per heavy atom. The molecule has 4 fully saturated rings. The number of pyridine rings is 1. The molecule has 10 heteroatoms. The first-order valence-electron chi connectivity index (χ1n) is 12.3. The fourth-order valence-corrected chi connectivity index (χ4v) is 6.59. The molecule has 35 heavy (non-hydrogen) atoms. The van der Waals surface area contributed by atoms with E-state index in [-0.39, 0.29) is 34.3 Å². The summed E-state index contributed by atoms with van der Waals surface area (Å²) in [6.45, 7) is 8.56. The highest BCUT2D eigenvalue weighted by Gasteiger charge is 2.63. The number of nitriles is 1. The smallest absolute Gasteiger partial charge is 0.411 e. The van der Waals surface area contributed by atoms with Crippen molar-refractivity contribution in [3.8, 4) is 6.07 Å². The molecule has 6 atom stereocenters. The summed E-state index contributed by atoms with van der Waals surface area (Å²) in [5.41, 5.74) is 0.747. The second kappa shape index (κ2) is 8.66. The van der Waals surface area contributed by atoms with Crippen LogP contribution in [-0.2, 0) is 9.53 Å². The molecule has 2 unspecified atom stereocenters. The maximum absolute atomic E-state index is 13.5. The lowest BCUT2D eigenvalue weighted by atomic mass is 9.75. The molecule has 5 rings (SSSR count). The van der Waals surface area contributed by atoms with Gasteiger partial charge in [-0.05, 0) is 49.5 Å². The molecule has 0 aromatic carbocycles. The summed E-state index contributed by atoms with van der Waals surface area (Å²) in [6, 6.07) is 0.785. The van der Waals surface area contributed by atoms with Gasteiger partial charge in [0.1, 0.15) is 24.4 Å². The molecule has 1 aliphatic carbocycles. The van der Waals surface area contributed by atoms with Crippen molar-refractivity contribution in [3.63, 3.8) is 0 Å². The first-order valence-corrected chi connectivity index (χ1v) is 12.7. The van der Waals surface area contributed by atoms with Gasteiger partial charge < -0.3 is 4.74 Å². The summed E-state index contributed by atoms with van der Waals surface area (Å²) in [5, 5.41) is 9.29. The van der Waals surface area contributed by atoms with E-state index in [1.807, 2.05) is 6.07 Å². The number of aromatic nitrogens is 1. The molecule has 0 spiro atoms. The number of halogens is 1. The van der Waals surface area contributed by atoms with Gasteiger partial charge in [-0.1, -0.05) is 38.8 Å². The average Bonchev–Trinajstić information content (AvgIpc) is 3.47. The van der Waals surface area contributed by atoms with E-state index < -0.39 is 24.3 Å². The Labute approximate surface area is 210 Å². The van der Waals surface area contributed by atoms with Crippen molar-refractivity contribution >= 4 is 35.3 Å². The molecule has 4 amide bonds. The number of hydrogen-bond donors (Lipinski definition) is 0. The highest BCUT2D eigenvalue weighted by atomic mass is 35.5. The van der Waals surface area contributed by atoms with Crippen LogP contribution in [0, 0.1) is 41.9 Å². The third-order valence-corrected chi connectivity index (χ3v) is 8.75. The van der Waals surface area contributed by atoms with Crippen molar-refractivity contribution in [2.45, 2.75) is 71.7 Å². The molecule has 0 radical (unpaired) electrons. The molecule has 2 bridgehead atoms. The minimum absolute atomic E-state index is 0.0400. The number of hydrogen-bond acceptors (Lipinski definition) is 6. The fourth-order valence-electron chi connectivity index (χ4n) is 6.40. The topological polar surface area (TPSA) is 107 Å². The molecule has 4 heterocycles. The second-order valence-corrected chi connectivity index (χ2v) is 11.1. The lowest BCUT2D eigenvalue weighted by Gasteiger charge is -2.40. The fraction of sp³-hybridized carbons (Fsp3) is 0.640. The molecular weight excluding hydrogens is 470 g/mol. The summed E-state index contributed by atoms with van der Waals surface area (Å²) in [7, 11) is 0. The van der Waals surface area contributed by atoms with Gasteiger partial charge in [0, 0.05) is 12.5 Å². The van der Waals surface area contributed by atoms with Crippen molar-refractivity contribution in [3.05, 3.63) is 22.5 Å². The van der Waals surface area contributed by atoms with Crippen LogP contribution in [0.25, 0.3) is 0 Å². The van der Waals surface area contributed by atoms with E-state index in [9.17, 15) is 14.4 Å². The standard InChI is InChI=1S/C25H30ClN5O4/c1-12(2)16-6-5-13(3)7-19(16)35-25(34)29-11-15-8-20(29)31-22(15)23(32)30(24(31)33)18-10-28-17(9-27)21(26)14(18)4/h10,12-13,15-16,19-20,22H,5-8,11H2,1-4H3/t13-,15?,16+,19-,20?,22+/m1/s1. The van der Waals surface area contributed by atoms with E-state index in [2.05, 4.69) is 25.8 Å². The molecule has 0 N–H and O–H groups in total. The number of rotatable bonds is 3. The summed E-state index contributed by atoms with van der Waals surface area (Å²) in [5.74, 6) is 0.751. The van der Waals surface area contributed by atoms with Crippen LogP contribution in [0.3, 0.4) is 0 Å². The largest absolute Gasteiger partial charge is 0.446 e. The van der Waals surface area contributed by atoms with Gasteiger partial charge in [0.25, 0.3) is 5.91 Å². The Balaban J connectivity index is 1.36. The Morgan fingerprint density at radius 3 is 2.71 bits per heavy atom. The predicted molar refractivity (Wildman–Crippen MR) is 127 cm³/mol. The number of ether oxygens (including phenoxy) is 1. The number of urea groups is 1. The molecule has 1 aromatic rings. The number of likely N-dealkylation sites (tertiary alicyclic amines) is 1. The van der Waals surface area contributed by atoms with Crippen LogP contribution in [-0.4, -0.2) is 57.7 Å². The third kappa shape index (κ3) is 3.65. The molecular formula is C25H30ClN5O4. The van der Waals surface area contributed by atoms with Crippen LogP contribution >= 0.6 is 11.6 Å². The summed E-state index contributed by atoms with van der Waals surface area (Å²) in [6.07, 6.45) is 3.87. The maximum atomic E-state index is 13.5.